The molecule has 1 aromatic carbocycles. The van der Waals surface area contributed by atoms with Crippen LogP contribution < -0.4 is 5.32 Å². The van der Waals surface area contributed by atoms with E-state index in [2.05, 4.69) is 50.8 Å². The zero-order chi connectivity index (χ0) is 15.0. The number of fused-ring (bicyclic) bond motifs is 1. The molecule has 0 bridgehead atoms. The van der Waals surface area contributed by atoms with Gasteiger partial charge in [0.05, 0.1) is 28.5 Å². The van der Waals surface area contributed by atoms with Crippen molar-refractivity contribution in [3.05, 3.63) is 52.5 Å². The molecule has 0 aliphatic rings. The number of hydrogen-bond donors (Lipinski definition) is 1. The van der Waals surface area contributed by atoms with Crippen LogP contribution in [0.4, 0.5) is 5.69 Å². The van der Waals surface area contributed by atoms with Crippen LogP contribution in [-0.4, -0.2) is 14.5 Å². The molecule has 1 unspecified atom stereocenters. The van der Waals surface area contributed by atoms with Gasteiger partial charge in [-0.2, -0.15) is 0 Å². The SMILES string of the molecule is Cc1nc(Br)ccc1NC(C)c1nc2ccccc2n1C. The largest absolute Gasteiger partial charge is 0.374 e. The third-order valence-corrected chi connectivity index (χ3v) is 4.07. The van der Waals surface area contributed by atoms with Crippen LogP contribution in [-0.2, 0) is 7.05 Å². The Hall–Kier alpha value is -1.88. The molecule has 3 rings (SSSR count). The Morgan fingerprint density at radius 3 is 2.62 bits per heavy atom. The summed E-state index contributed by atoms with van der Waals surface area (Å²) in [6, 6.07) is 12.3. The number of rotatable bonds is 3. The second-order valence-electron chi connectivity index (χ2n) is 5.15. The van der Waals surface area contributed by atoms with E-state index < -0.39 is 0 Å². The summed E-state index contributed by atoms with van der Waals surface area (Å²) in [6.45, 7) is 4.11. The summed E-state index contributed by atoms with van der Waals surface area (Å²) in [5, 5.41) is 3.49. The van der Waals surface area contributed by atoms with Gasteiger partial charge in [0, 0.05) is 7.05 Å². The van der Waals surface area contributed by atoms with Gasteiger partial charge < -0.3 is 9.88 Å². The monoisotopic (exact) mass is 344 g/mol. The average molecular weight is 345 g/mol. The van der Waals surface area contributed by atoms with Gasteiger partial charge in [-0.1, -0.05) is 12.1 Å². The first-order chi connectivity index (χ1) is 10.1. The van der Waals surface area contributed by atoms with Crippen molar-refractivity contribution >= 4 is 32.7 Å². The number of anilines is 1. The lowest BCUT2D eigenvalue weighted by atomic mass is 10.2. The number of hydrogen-bond acceptors (Lipinski definition) is 3. The van der Waals surface area contributed by atoms with E-state index in [1.165, 1.54) is 0 Å². The summed E-state index contributed by atoms with van der Waals surface area (Å²) in [6.07, 6.45) is 0. The minimum absolute atomic E-state index is 0.101. The van der Waals surface area contributed by atoms with Crippen molar-refractivity contribution in [1.82, 2.24) is 14.5 Å². The third-order valence-electron chi connectivity index (χ3n) is 3.63. The van der Waals surface area contributed by atoms with Gasteiger partial charge in [0.15, 0.2) is 0 Å². The third kappa shape index (κ3) is 2.65. The lowest BCUT2D eigenvalue weighted by Gasteiger charge is -2.16. The number of pyridine rings is 1. The molecule has 3 aromatic rings. The van der Waals surface area contributed by atoms with Gasteiger partial charge in [0.1, 0.15) is 10.4 Å². The molecule has 0 aliphatic heterocycles. The summed E-state index contributed by atoms with van der Waals surface area (Å²) in [5.41, 5.74) is 4.16. The molecule has 1 N–H and O–H groups in total. The summed E-state index contributed by atoms with van der Waals surface area (Å²) >= 11 is 3.39. The molecule has 0 amide bonds. The van der Waals surface area contributed by atoms with Crippen LogP contribution in [0, 0.1) is 6.92 Å². The number of para-hydroxylation sites is 2. The highest BCUT2D eigenvalue weighted by molar-refractivity contribution is 9.10. The Kier molecular flexibility index (Phi) is 3.68. The Morgan fingerprint density at radius 2 is 1.90 bits per heavy atom. The maximum absolute atomic E-state index is 4.73. The van der Waals surface area contributed by atoms with Crippen molar-refractivity contribution in [3.8, 4) is 0 Å². The summed E-state index contributed by atoms with van der Waals surface area (Å²) < 4.78 is 2.98. The van der Waals surface area contributed by atoms with E-state index in [1.54, 1.807) is 0 Å². The van der Waals surface area contributed by atoms with Crippen LogP contribution in [0.2, 0.25) is 0 Å². The molecule has 0 aliphatic carbocycles. The molecule has 5 heteroatoms. The van der Waals surface area contributed by atoms with Gasteiger partial charge in [-0.05, 0) is 54.0 Å². The smallest absolute Gasteiger partial charge is 0.131 e. The van der Waals surface area contributed by atoms with E-state index in [9.17, 15) is 0 Å². The second-order valence-corrected chi connectivity index (χ2v) is 5.96. The molecular weight excluding hydrogens is 328 g/mol. The van der Waals surface area contributed by atoms with Gasteiger partial charge >= 0.3 is 0 Å². The zero-order valence-electron chi connectivity index (χ0n) is 12.3. The fourth-order valence-electron chi connectivity index (χ4n) is 2.53. The van der Waals surface area contributed by atoms with Crippen LogP contribution in [0.3, 0.4) is 0 Å². The lowest BCUT2D eigenvalue weighted by molar-refractivity contribution is 0.732. The molecular formula is C16H17BrN4. The minimum atomic E-state index is 0.101. The van der Waals surface area contributed by atoms with Gasteiger partial charge in [-0.3, -0.25) is 0 Å². The van der Waals surface area contributed by atoms with Gasteiger partial charge in [-0.25, -0.2) is 9.97 Å². The van der Waals surface area contributed by atoms with Crippen LogP contribution in [0.5, 0.6) is 0 Å². The first-order valence-electron chi connectivity index (χ1n) is 6.87. The number of nitrogens with one attached hydrogen (secondary N) is 1. The van der Waals surface area contributed by atoms with Gasteiger partial charge in [0.25, 0.3) is 0 Å². The topological polar surface area (TPSA) is 42.7 Å². The fraction of sp³-hybridized carbons (Fsp3) is 0.250. The molecule has 0 saturated carbocycles. The highest BCUT2D eigenvalue weighted by atomic mass is 79.9. The zero-order valence-corrected chi connectivity index (χ0v) is 13.8. The average Bonchev–Trinajstić information content (AvgIpc) is 2.80. The van der Waals surface area contributed by atoms with Crippen LogP contribution in [0.25, 0.3) is 11.0 Å². The molecule has 4 nitrogen and oxygen atoms in total. The van der Waals surface area contributed by atoms with Crippen LogP contribution in [0.1, 0.15) is 24.5 Å². The number of imidazole rings is 1. The molecule has 2 aromatic heterocycles. The molecule has 0 saturated heterocycles. The maximum atomic E-state index is 4.73. The molecule has 21 heavy (non-hydrogen) atoms. The van der Waals surface area contributed by atoms with E-state index in [4.69, 9.17) is 4.98 Å². The number of nitrogens with zero attached hydrogens (tertiary/aromatic N) is 3. The van der Waals surface area contributed by atoms with Gasteiger partial charge in [-0.15, -0.1) is 0 Å². The standard InChI is InChI=1S/C16H17BrN4/c1-10-12(8-9-15(17)19-10)18-11(2)16-20-13-6-4-5-7-14(13)21(16)3/h4-9,11,18H,1-3H3. The first kappa shape index (κ1) is 14.1. The van der Waals surface area contributed by atoms with E-state index in [0.29, 0.717) is 0 Å². The number of aromatic nitrogens is 3. The quantitative estimate of drug-likeness (QED) is 0.723. The fourth-order valence-corrected chi connectivity index (χ4v) is 2.93. The number of halogens is 1. The van der Waals surface area contributed by atoms with Crippen molar-refractivity contribution in [2.45, 2.75) is 19.9 Å². The predicted octanol–water partition coefficient (Wildman–Crippen LogP) is 4.21. The Bertz CT molecular complexity index is 794. The summed E-state index contributed by atoms with van der Waals surface area (Å²) in [7, 11) is 2.05. The molecule has 1 atom stereocenters. The maximum Gasteiger partial charge on any atom is 0.131 e. The number of aryl methyl sites for hydroxylation is 2. The van der Waals surface area contributed by atoms with Crippen molar-refractivity contribution < 1.29 is 0 Å². The molecule has 2 heterocycles. The second kappa shape index (κ2) is 5.48. The van der Waals surface area contributed by atoms with Crippen molar-refractivity contribution in [1.29, 1.82) is 0 Å². The Balaban J connectivity index is 1.93. The Morgan fingerprint density at radius 1 is 1.14 bits per heavy atom. The first-order valence-corrected chi connectivity index (χ1v) is 7.66. The highest BCUT2D eigenvalue weighted by Gasteiger charge is 2.15. The summed E-state index contributed by atoms with van der Waals surface area (Å²) in [4.78, 5) is 9.14. The van der Waals surface area contributed by atoms with Crippen molar-refractivity contribution in [2.75, 3.05) is 5.32 Å². The van der Waals surface area contributed by atoms with E-state index >= 15 is 0 Å². The van der Waals surface area contributed by atoms with E-state index in [0.717, 1.165) is 32.8 Å². The van der Waals surface area contributed by atoms with Crippen LogP contribution in [0.15, 0.2) is 41.0 Å². The molecule has 108 valence electrons. The molecule has 0 fully saturated rings. The number of benzene rings is 1. The molecule has 0 spiro atoms. The summed E-state index contributed by atoms with van der Waals surface area (Å²) in [5.74, 6) is 1.01. The highest BCUT2D eigenvalue weighted by Crippen LogP contribution is 2.24. The minimum Gasteiger partial charge on any atom is -0.374 e. The lowest BCUT2D eigenvalue weighted by Crippen LogP contribution is -2.13. The van der Waals surface area contributed by atoms with E-state index in [1.807, 2.05) is 37.3 Å². The normalized spacial score (nSPS) is 12.6. The van der Waals surface area contributed by atoms with Crippen molar-refractivity contribution in [2.24, 2.45) is 7.05 Å². The van der Waals surface area contributed by atoms with Gasteiger partial charge in [0.2, 0.25) is 0 Å². The van der Waals surface area contributed by atoms with Crippen LogP contribution >= 0.6 is 15.9 Å². The van der Waals surface area contributed by atoms with E-state index in [-0.39, 0.29) is 6.04 Å². The Labute approximate surface area is 132 Å². The predicted molar refractivity (Wildman–Crippen MR) is 89.4 cm³/mol. The van der Waals surface area contributed by atoms with Crippen molar-refractivity contribution in [3.63, 3.8) is 0 Å². The molecule has 0 radical (unpaired) electrons.